The summed E-state index contributed by atoms with van der Waals surface area (Å²) in [6.45, 7) is 2.22. The lowest BCUT2D eigenvalue weighted by Gasteiger charge is -1.99. The molecule has 0 unspecified atom stereocenters. The summed E-state index contributed by atoms with van der Waals surface area (Å²) < 4.78 is 4.61. The van der Waals surface area contributed by atoms with Crippen LogP contribution in [0.3, 0.4) is 0 Å². The third kappa shape index (κ3) is 16.7. The average molecular weight is 292 g/mol. The number of esters is 1. The minimum Gasteiger partial charge on any atom is -0.469 e. The normalized spacial score (nSPS) is 10.4. The molecule has 0 spiro atoms. The summed E-state index contributed by atoms with van der Waals surface area (Å²) in [5.74, 6) is 6.33. The molecule has 0 atom stereocenters. The van der Waals surface area contributed by atoms with E-state index >= 15 is 0 Å². The van der Waals surface area contributed by atoms with E-state index in [2.05, 4.69) is 35.7 Å². The zero-order chi connectivity index (χ0) is 15.6. The Hall–Kier alpha value is -1.23. The molecule has 0 fully saturated rings. The van der Waals surface area contributed by atoms with Crippen molar-refractivity contribution in [2.75, 3.05) is 7.11 Å². The second kappa shape index (κ2) is 16.8. The highest BCUT2D eigenvalue weighted by Gasteiger charge is 1.98. The van der Waals surface area contributed by atoms with Crippen LogP contribution < -0.4 is 0 Å². The molecule has 0 aliphatic rings. The predicted octanol–water partition coefficient (Wildman–Crippen LogP) is 5.42. The number of unbranched alkanes of at least 4 members (excludes halogenated alkanes) is 8. The van der Waals surface area contributed by atoms with E-state index in [1.165, 1.54) is 45.6 Å². The number of ether oxygens (including phenoxy) is 1. The molecule has 0 aromatic rings. The highest BCUT2D eigenvalue weighted by Crippen LogP contribution is 2.08. The minimum absolute atomic E-state index is 0.0891. The fraction of sp³-hybridized carbons (Fsp3) is 0.737. The van der Waals surface area contributed by atoms with Crippen molar-refractivity contribution in [3.05, 3.63) is 12.2 Å². The maximum absolute atomic E-state index is 10.9. The van der Waals surface area contributed by atoms with Crippen molar-refractivity contribution in [2.24, 2.45) is 0 Å². The minimum atomic E-state index is -0.0891. The third-order valence-corrected chi connectivity index (χ3v) is 3.40. The van der Waals surface area contributed by atoms with Crippen molar-refractivity contribution in [1.29, 1.82) is 0 Å². The van der Waals surface area contributed by atoms with E-state index in [0.717, 1.165) is 32.1 Å². The van der Waals surface area contributed by atoms with Crippen molar-refractivity contribution in [3.63, 3.8) is 0 Å². The van der Waals surface area contributed by atoms with Gasteiger partial charge in [0.25, 0.3) is 0 Å². The molecule has 0 saturated carbocycles. The standard InChI is InChI=1S/C19H32O2/c1-3-4-5-6-7-8-9-10-11-12-13-14-15-16-17-18-19(20)21-2/h10-11H,3-6,9,12-18H2,1-2H3. The van der Waals surface area contributed by atoms with Crippen LogP contribution in [0.15, 0.2) is 12.2 Å². The zero-order valence-corrected chi connectivity index (χ0v) is 14.0. The van der Waals surface area contributed by atoms with Gasteiger partial charge in [-0.25, -0.2) is 0 Å². The maximum atomic E-state index is 10.9. The van der Waals surface area contributed by atoms with E-state index in [1.54, 1.807) is 0 Å². The van der Waals surface area contributed by atoms with Crippen molar-refractivity contribution in [2.45, 2.75) is 84.0 Å². The topological polar surface area (TPSA) is 26.3 Å². The van der Waals surface area contributed by atoms with Gasteiger partial charge in [-0.05, 0) is 25.7 Å². The van der Waals surface area contributed by atoms with E-state index in [0.29, 0.717) is 6.42 Å². The van der Waals surface area contributed by atoms with Crippen LogP contribution in [0, 0.1) is 11.8 Å². The van der Waals surface area contributed by atoms with E-state index in [4.69, 9.17) is 0 Å². The Morgan fingerprint density at radius 2 is 1.71 bits per heavy atom. The molecule has 0 heterocycles. The summed E-state index contributed by atoms with van der Waals surface area (Å²) in [6, 6.07) is 0. The molecule has 0 aliphatic heterocycles. The summed E-state index contributed by atoms with van der Waals surface area (Å²) >= 11 is 0. The Morgan fingerprint density at radius 1 is 0.952 bits per heavy atom. The van der Waals surface area contributed by atoms with Crippen LogP contribution in [0.1, 0.15) is 84.0 Å². The molecule has 0 aromatic heterocycles. The lowest BCUT2D eigenvalue weighted by Crippen LogP contribution is -1.98. The first kappa shape index (κ1) is 19.8. The first-order valence-electron chi connectivity index (χ1n) is 8.48. The van der Waals surface area contributed by atoms with Crippen LogP contribution in [-0.4, -0.2) is 13.1 Å². The van der Waals surface area contributed by atoms with Gasteiger partial charge in [0.1, 0.15) is 0 Å². The first-order chi connectivity index (χ1) is 10.3. The van der Waals surface area contributed by atoms with Crippen molar-refractivity contribution in [3.8, 4) is 11.8 Å². The van der Waals surface area contributed by atoms with Gasteiger partial charge in [0.05, 0.1) is 7.11 Å². The molecule has 2 heteroatoms. The SMILES string of the molecule is CCCCCC#CCC=CCCCCCCCC(=O)OC. The zero-order valence-electron chi connectivity index (χ0n) is 14.0. The summed E-state index contributed by atoms with van der Waals surface area (Å²) in [4.78, 5) is 10.9. The second-order valence-corrected chi connectivity index (χ2v) is 5.37. The van der Waals surface area contributed by atoms with Crippen LogP contribution in [0.5, 0.6) is 0 Å². The average Bonchev–Trinajstić information content (AvgIpc) is 2.50. The molecule has 0 rings (SSSR count). The molecule has 120 valence electrons. The molecule has 0 aliphatic carbocycles. The van der Waals surface area contributed by atoms with Gasteiger partial charge < -0.3 is 4.74 Å². The van der Waals surface area contributed by atoms with Crippen LogP contribution in [-0.2, 0) is 9.53 Å². The summed E-state index contributed by atoms with van der Waals surface area (Å²) in [7, 11) is 1.45. The van der Waals surface area contributed by atoms with Gasteiger partial charge in [0, 0.05) is 19.3 Å². The second-order valence-electron chi connectivity index (χ2n) is 5.37. The smallest absolute Gasteiger partial charge is 0.305 e. The molecule has 0 aromatic carbocycles. The molecule has 0 saturated heterocycles. The predicted molar refractivity (Wildman–Crippen MR) is 90.0 cm³/mol. The van der Waals surface area contributed by atoms with Gasteiger partial charge in [-0.1, -0.05) is 57.1 Å². The van der Waals surface area contributed by atoms with Crippen molar-refractivity contribution < 1.29 is 9.53 Å². The van der Waals surface area contributed by atoms with Crippen LogP contribution in [0.25, 0.3) is 0 Å². The number of hydrogen-bond acceptors (Lipinski definition) is 2. The maximum Gasteiger partial charge on any atom is 0.305 e. The Morgan fingerprint density at radius 3 is 2.48 bits per heavy atom. The van der Waals surface area contributed by atoms with Gasteiger partial charge in [-0.3, -0.25) is 4.79 Å². The molecule has 0 radical (unpaired) electrons. The first-order valence-corrected chi connectivity index (χ1v) is 8.48. The van der Waals surface area contributed by atoms with E-state index in [-0.39, 0.29) is 5.97 Å². The van der Waals surface area contributed by atoms with Crippen molar-refractivity contribution >= 4 is 5.97 Å². The van der Waals surface area contributed by atoms with Crippen LogP contribution in [0.2, 0.25) is 0 Å². The molecule has 0 bridgehead atoms. The van der Waals surface area contributed by atoms with E-state index < -0.39 is 0 Å². The van der Waals surface area contributed by atoms with E-state index in [9.17, 15) is 4.79 Å². The number of carbonyl (C=O) groups excluding carboxylic acids is 1. The highest BCUT2D eigenvalue weighted by atomic mass is 16.5. The van der Waals surface area contributed by atoms with Gasteiger partial charge in [-0.2, -0.15) is 0 Å². The van der Waals surface area contributed by atoms with Crippen LogP contribution >= 0.6 is 0 Å². The fourth-order valence-electron chi connectivity index (χ4n) is 2.05. The molecular formula is C19H32O2. The fourth-order valence-corrected chi connectivity index (χ4v) is 2.05. The molecule has 0 N–H and O–H groups in total. The quantitative estimate of drug-likeness (QED) is 0.208. The van der Waals surface area contributed by atoms with Crippen molar-refractivity contribution in [1.82, 2.24) is 0 Å². The van der Waals surface area contributed by atoms with Gasteiger partial charge in [-0.15, -0.1) is 5.92 Å². The van der Waals surface area contributed by atoms with Gasteiger partial charge in [0.15, 0.2) is 0 Å². The summed E-state index contributed by atoms with van der Waals surface area (Å²) in [5.41, 5.74) is 0. The molecular weight excluding hydrogens is 260 g/mol. The van der Waals surface area contributed by atoms with Gasteiger partial charge >= 0.3 is 5.97 Å². The Bertz CT molecular complexity index is 320. The monoisotopic (exact) mass is 292 g/mol. The van der Waals surface area contributed by atoms with Gasteiger partial charge in [0.2, 0.25) is 0 Å². The molecule has 2 nitrogen and oxygen atoms in total. The lowest BCUT2D eigenvalue weighted by molar-refractivity contribution is -0.140. The third-order valence-electron chi connectivity index (χ3n) is 3.40. The van der Waals surface area contributed by atoms with Crippen LogP contribution in [0.4, 0.5) is 0 Å². The number of methoxy groups -OCH3 is 1. The number of rotatable bonds is 12. The molecule has 0 amide bonds. The lowest BCUT2D eigenvalue weighted by atomic mass is 10.1. The Labute approximate surface area is 131 Å². The Balaban J connectivity index is 3.23. The Kier molecular flexibility index (Phi) is 15.8. The summed E-state index contributed by atoms with van der Waals surface area (Å²) in [5, 5.41) is 0. The number of hydrogen-bond donors (Lipinski definition) is 0. The number of carbonyl (C=O) groups is 1. The largest absolute Gasteiger partial charge is 0.469 e. The number of allylic oxidation sites excluding steroid dienone is 2. The molecule has 21 heavy (non-hydrogen) atoms. The van der Waals surface area contributed by atoms with E-state index in [1.807, 2.05) is 0 Å². The summed E-state index contributed by atoms with van der Waals surface area (Å²) in [6.07, 6.45) is 17.7. The highest BCUT2D eigenvalue weighted by molar-refractivity contribution is 5.68.